The Balaban J connectivity index is 1.81. The van der Waals surface area contributed by atoms with Crippen LogP contribution in [0.15, 0.2) is 0 Å². The largest absolute Gasteiger partial charge is 0.311 e. The van der Waals surface area contributed by atoms with Crippen molar-refractivity contribution < 1.29 is 0 Å². The lowest BCUT2D eigenvalue weighted by molar-refractivity contribution is 0.451. The molecule has 1 N–H and O–H groups in total. The maximum atomic E-state index is 3.43. The number of nitrogens with one attached hydrogen (secondary N) is 1. The molecule has 2 aliphatic rings. The van der Waals surface area contributed by atoms with Crippen LogP contribution in [-0.4, -0.2) is 12.6 Å². The Hall–Kier alpha value is -0.0400. The zero-order chi connectivity index (χ0) is 6.81. The van der Waals surface area contributed by atoms with Crippen LogP contribution in [0.2, 0.25) is 0 Å². The molecule has 1 unspecified atom stereocenters. The van der Waals surface area contributed by atoms with Crippen LogP contribution in [0.3, 0.4) is 0 Å². The third-order valence-corrected chi connectivity index (χ3v) is 2.91. The first kappa shape index (κ1) is 6.66. The van der Waals surface area contributed by atoms with E-state index in [-0.39, 0.29) is 0 Å². The number of hydrogen-bond donors (Lipinski definition) is 1. The van der Waals surface area contributed by atoms with Crippen LogP contribution in [0.5, 0.6) is 0 Å². The summed E-state index contributed by atoms with van der Waals surface area (Å²) in [6.45, 7) is 1.31. The van der Waals surface area contributed by atoms with Crippen LogP contribution in [-0.2, 0) is 0 Å². The Labute approximate surface area is 63.2 Å². The van der Waals surface area contributed by atoms with Gasteiger partial charge in [-0.2, -0.15) is 0 Å². The Morgan fingerprint density at radius 3 is 2.00 bits per heavy atom. The van der Waals surface area contributed by atoms with Crippen molar-refractivity contribution in [1.82, 2.24) is 5.32 Å². The van der Waals surface area contributed by atoms with E-state index in [0.29, 0.717) is 0 Å². The molecule has 1 saturated heterocycles. The fourth-order valence-corrected chi connectivity index (χ4v) is 2.11. The molecule has 0 aromatic heterocycles. The highest BCUT2D eigenvalue weighted by molar-refractivity contribution is 4.90. The summed E-state index contributed by atoms with van der Waals surface area (Å²) < 4.78 is 0. The summed E-state index contributed by atoms with van der Waals surface area (Å²) >= 11 is 0. The summed E-state index contributed by atoms with van der Waals surface area (Å²) in [4.78, 5) is 0. The van der Waals surface area contributed by atoms with Gasteiger partial charge in [-0.25, -0.2) is 0 Å². The summed E-state index contributed by atoms with van der Waals surface area (Å²) in [5.41, 5.74) is 0. The Morgan fingerprint density at radius 2 is 1.50 bits per heavy atom. The first-order valence-corrected chi connectivity index (χ1v) is 4.70. The van der Waals surface area contributed by atoms with Crippen molar-refractivity contribution in [1.29, 1.82) is 0 Å². The van der Waals surface area contributed by atoms with Gasteiger partial charge in [0.2, 0.25) is 0 Å². The van der Waals surface area contributed by atoms with Gasteiger partial charge >= 0.3 is 0 Å². The van der Waals surface area contributed by atoms with Gasteiger partial charge in [0.1, 0.15) is 0 Å². The van der Waals surface area contributed by atoms with Crippen molar-refractivity contribution in [3.63, 3.8) is 0 Å². The quantitative estimate of drug-likeness (QED) is 0.435. The Morgan fingerprint density at radius 1 is 0.900 bits per heavy atom. The predicted molar refractivity (Wildman–Crippen MR) is 43.0 cm³/mol. The highest BCUT2D eigenvalue weighted by Crippen LogP contribution is 2.28. The lowest BCUT2D eigenvalue weighted by Gasteiger charge is -2.09. The molecular weight excluding hydrogens is 122 g/mol. The molecule has 2 fully saturated rings. The molecule has 0 spiro atoms. The topological polar surface area (TPSA) is 21.9 Å². The minimum Gasteiger partial charge on any atom is -0.311 e. The average Bonchev–Trinajstić information content (AvgIpc) is 2.76. The Kier molecular flexibility index (Phi) is 1.94. The molecule has 10 heavy (non-hydrogen) atoms. The van der Waals surface area contributed by atoms with Crippen LogP contribution < -0.4 is 5.32 Å². The molecule has 58 valence electrons. The van der Waals surface area contributed by atoms with Crippen molar-refractivity contribution in [3.05, 3.63) is 0 Å². The molecule has 1 saturated carbocycles. The first-order chi connectivity index (χ1) is 4.97. The molecule has 0 radical (unpaired) electrons. The van der Waals surface area contributed by atoms with Crippen molar-refractivity contribution >= 4 is 0 Å². The lowest BCUT2D eigenvalue weighted by atomic mass is 9.97. The second-order valence-corrected chi connectivity index (χ2v) is 3.77. The summed E-state index contributed by atoms with van der Waals surface area (Å²) in [6.07, 6.45) is 8.95. The molecule has 1 aliphatic carbocycles. The van der Waals surface area contributed by atoms with Crippen molar-refractivity contribution in [3.8, 4) is 0 Å². The monoisotopic (exact) mass is 139 g/mol. The maximum Gasteiger partial charge on any atom is 0.0221 e. The molecule has 1 heterocycles. The van der Waals surface area contributed by atoms with E-state index in [1.54, 1.807) is 0 Å². The van der Waals surface area contributed by atoms with Crippen LogP contribution in [0.1, 0.15) is 38.5 Å². The predicted octanol–water partition coefficient (Wildman–Crippen LogP) is 1.93. The zero-order valence-corrected chi connectivity index (χ0v) is 6.60. The molecule has 0 amide bonds. The fraction of sp³-hybridized carbons (Fsp3) is 1.00. The Bertz CT molecular complexity index is 99.3. The normalized spacial score (nSPS) is 35.4. The van der Waals surface area contributed by atoms with Gasteiger partial charge in [0, 0.05) is 12.6 Å². The van der Waals surface area contributed by atoms with Gasteiger partial charge < -0.3 is 5.32 Å². The van der Waals surface area contributed by atoms with E-state index in [1.807, 2.05) is 0 Å². The zero-order valence-electron chi connectivity index (χ0n) is 6.60. The van der Waals surface area contributed by atoms with Gasteiger partial charge in [0.25, 0.3) is 0 Å². The van der Waals surface area contributed by atoms with E-state index >= 15 is 0 Å². The smallest absolute Gasteiger partial charge is 0.0221 e. The maximum absolute atomic E-state index is 3.43. The molecule has 0 bridgehead atoms. The third kappa shape index (κ3) is 1.51. The van der Waals surface area contributed by atoms with Gasteiger partial charge in [-0.05, 0) is 18.8 Å². The van der Waals surface area contributed by atoms with Gasteiger partial charge in [-0.15, -0.1) is 0 Å². The standard InChI is InChI=1S/C9H17N/c1-2-4-6-8(5-3-1)9-7-10-9/h8-10H,1-7H2. The molecule has 0 aromatic carbocycles. The van der Waals surface area contributed by atoms with Crippen LogP contribution in [0.4, 0.5) is 0 Å². The summed E-state index contributed by atoms with van der Waals surface area (Å²) in [5, 5.41) is 3.43. The van der Waals surface area contributed by atoms with Gasteiger partial charge in [0.05, 0.1) is 0 Å². The van der Waals surface area contributed by atoms with E-state index in [2.05, 4.69) is 5.32 Å². The van der Waals surface area contributed by atoms with Gasteiger partial charge in [-0.1, -0.05) is 25.7 Å². The molecule has 1 heteroatoms. The van der Waals surface area contributed by atoms with E-state index < -0.39 is 0 Å². The van der Waals surface area contributed by atoms with E-state index in [0.717, 1.165) is 12.0 Å². The summed E-state index contributed by atoms with van der Waals surface area (Å²) in [6, 6.07) is 0.929. The number of rotatable bonds is 1. The van der Waals surface area contributed by atoms with Gasteiger partial charge in [-0.3, -0.25) is 0 Å². The molecular formula is C9H17N. The van der Waals surface area contributed by atoms with E-state index in [9.17, 15) is 0 Å². The van der Waals surface area contributed by atoms with Gasteiger partial charge in [0.15, 0.2) is 0 Å². The second kappa shape index (κ2) is 2.91. The van der Waals surface area contributed by atoms with Crippen molar-refractivity contribution in [2.45, 2.75) is 44.6 Å². The summed E-state index contributed by atoms with van der Waals surface area (Å²) in [7, 11) is 0. The molecule has 2 rings (SSSR count). The van der Waals surface area contributed by atoms with E-state index in [1.165, 1.54) is 45.1 Å². The van der Waals surface area contributed by atoms with Crippen LogP contribution in [0, 0.1) is 5.92 Å². The first-order valence-electron chi connectivity index (χ1n) is 4.70. The van der Waals surface area contributed by atoms with Crippen LogP contribution in [0.25, 0.3) is 0 Å². The second-order valence-electron chi connectivity index (χ2n) is 3.77. The SMILES string of the molecule is C1CCCC(C2CN2)CC1. The molecule has 0 aromatic rings. The molecule has 1 nitrogen and oxygen atoms in total. The fourth-order valence-electron chi connectivity index (χ4n) is 2.11. The highest BCUT2D eigenvalue weighted by Gasteiger charge is 2.29. The number of hydrogen-bond acceptors (Lipinski definition) is 1. The molecule has 1 atom stereocenters. The van der Waals surface area contributed by atoms with Crippen LogP contribution >= 0.6 is 0 Å². The lowest BCUT2D eigenvalue weighted by Crippen LogP contribution is -2.09. The van der Waals surface area contributed by atoms with Crippen molar-refractivity contribution in [2.24, 2.45) is 5.92 Å². The highest BCUT2D eigenvalue weighted by atomic mass is 15.1. The summed E-state index contributed by atoms with van der Waals surface area (Å²) in [5.74, 6) is 1.04. The third-order valence-electron chi connectivity index (χ3n) is 2.91. The molecule has 1 aliphatic heterocycles. The minimum absolute atomic E-state index is 0.929. The average molecular weight is 139 g/mol. The van der Waals surface area contributed by atoms with E-state index in [4.69, 9.17) is 0 Å². The minimum atomic E-state index is 0.929. The van der Waals surface area contributed by atoms with Crippen molar-refractivity contribution in [2.75, 3.05) is 6.54 Å².